The third-order valence-corrected chi connectivity index (χ3v) is 2.44. The average Bonchev–Trinajstić information content (AvgIpc) is 2.63. The quantitative estimate of drug-likeness (QED) is 0.811. The number of rotatable bonds is 2. The van der Waals surface area contributed by atoms with E-state index in [2.05, 4.69) is 5.32 Å². The summed E-state index contributed by atoms with van der Waals surface area (Å²) in [5.41, 5.74) is 0.557. The molecule has 0 aromatic heterocycles. The Morgan fingerprint density at radius 3 is 2.53 bits per heavy atom. The molecule has 4 heteroatoms. The van der Waals surface area contributed by atoms with E-state index >= 15 is 0 Å². The largest absolute Gasteiger partial charge is 0.483 e. The minimum atomic E-state index is -0.626. The number of hydrogen-bond donors (Lipinski definition) is 1. The van der Waals surface area contributed by atoms with Crippen molar-refractivity contribution in [3.8, 4) is 5.75 Å². The Balaban J connectivity index is 2.19. The fourth-order valence-electron chi connectivity index (χ4n) is 1.69. The van der Waals surface area contributed by atoms with Crippen LogP contribution in [0, 0.1) is 18.6 Å². The molecule has 0 saturated carbocycles. The summed E-state index contributed by atoms with van der Waals surface area (Å²) in [7, 11) is 0. The molecule has 0 bridgehead atoms. The molecular weight excluding hydrogens is 200 g/mol. The topological polar surface area (TPSA) is 21.3 Å². The SMILES string of the molecule is Cc1cc(F)c(OC2CCNC2)c(F)c1. The lowest BCUT2D eigenvalue weighted by Gasteiger charge is -2.14. The van der Waals surface area contributed by atoms with Crippen LogP contribution in [0.25, 0.3) is 0 Å². The summed E-state index contributed by atoms with van der Waals surface area (Å²) in [4.78, 5) is 0. The molecule has 1 aliphatic heterocycles. The summed E-state index contributed by atoms with van der Waals surface area (Å²) in [5, 5.41) is 3.07. The molecule has 0 spiro atoms. The van der Waals surface area contributed by atoms with Gasteiger partial charge in [-0.05, 0) is 37.6 Å². The molecule has 0 amide bonds. The zero-order valence-electron chi connectivity index (χ0n) is 8.52. The standard InChI is InChI=1S/C11H13F2NO/c1-7-4-9(12)11(10(13)5-7)15-8-2-3-14-6-8/h4-5,8,14H,2-3,6H2,1H3. The van der Waals surface area contributed by atoms with Crippen LogP contribution in [0.3, 0.4) is 0 Å². The van der Waals surface area contributed by atoms with Gasteiger partial charge in [0.05, 0.1) is 0 Å². The van der Waals surface area contributed by atoms with Crippen molar-refractivity contribution < 1.29 is 13.5 Å². The fraction of sp³-hybridized carbons (Fsp3) is 0.455. The van der Waals surface area contributed by atoms with Crippen LogP contribution in [-0.2, 0) is 0 Å². The molecule has 2 rings (SSSR count). The van der Waals surface area contributed by atoms with Gasteiger partial charge in [-0.25, -0.2) is 8.78 Å². The van der Waals surface area contributed by atoms with Gasteiger partial charge in [0.2, 0.25) is 0 Å². The van der Waals surface area contributed by atoms with Crippen LogP contribution >= 0.6 is 0 Å². The van der Waals surface area contributed by atoms with E-state index < -0.39 is 11.6 Å². The molecule has 1 fully saturated rings. The van der Waals surface area contributed by atoms with Crippen LogP contribution in [0.4, 0.5) is 8.78 Å². The van der Waals surface area contributed by atoms with E-state index in [0.717, 1.165) is 13.0 Å². The van der Waals surface area contributed by atoms with Crippen molar-refractivity contribution in [2.45, 2.75) is 19.4 Å². The van der Waals surface area contributed by atoms with Crippen LogP contribution in [0.1, 0.15) is 12.0 Å². The maximum absolute atomic E-state index is 13.4. The first-order valence-electron chi connectivity index (χ1n) is 5.00. The molecule has 0 radical (unpaired) electrons. The van der Waals surface area contributed by atoms with Crippen molar-refractivity contribution in [1.82, 2.24) is 5.32 Å². The maximum atomic E-state index is 13.4. The Morgan fingerprint density at radius 2 is 2.00 bits per heavy atom. The van der Waals surface area contributed by atoms with Gasteiger partial charge in [0.15, 0.2) is 17.4 Å². The van der Waals surface area contributed by atoms with Crippen molar-refractivity contribution in [2.24, 2.45) is 0 Å². The molecule has 1 aromatic rings. The van der Waals surface area contributed by atoms with Crippen LogP contribution in [0.5, 0.6) is 5.75 Å². The van der Waals surface area contributed by atoms with Gasteiger partial charge in [-0.2, -0.15) is 0 Å². The highest BCUT2D eigenvalue weighted by atomic mass is 19.1. The van der Waals surface area contributed by atoms with Crippen molar-refractivity contribution in [2.75, 3.05) is 13.1 Å². The normalized spacial score (nSPS) is 20.6. The highest BCUT2D eigenvalue weighted by molar-refractivity contribution is 5.30. The van der Waals surface area contributed by atoms with E-state index in [1.165, 1.54) is 12.1 Å². The minimum absolute atomic E-state index is 0.128. The summed E-state index contributed by atoms with van der Waals surface area (Å²) >= 11 is 0. The second-order valence-electron chi connectivity index (χ2n) is 3.79. The maximum Gasteiger partial charge on any atom is 0.191 e. The van der Waals surface area contributed by atoms with Crippen molar-refractivity contribution in [1.29, 1.82) is 0 Å². The van der Waals surface area contributed by atoms with Crippen LogP contribution in [0.15, 0.2) is 12.1 Å². The van der Waals surface area contributed by atoms with E-state index in [4.69, 9.17) is 4.74 Å². The number of halogens is 2. The summed E-state index contributed by atoms with van der Waals surface area (Å²) in [6.07, 6.45) is 0.656. The second kappa shape index (κ2) is 4.14. The lowest BCUT2D eigenvalue weighted by Crippen LogP contribution is -2.20. The van der Waals surface area contributed by atoms with Gasteiger partial charge in [0.25, 0.3) is 0 Å². The number of nitrogens with one attached hydrogen (secondary N) is 1. The monoisotopic (exact) mass is 213 g/mol. The molecule has 1 aromatic carbocycles. The lowest BCUT2D eigenvalue weighted by molar-refractivity contribution is 0.202. The first-order valence-corrected chi connectivity index (χ1v) is 5.00. The Labute approximate surface area is 87.2 Å². The molecular formula is C11H13F2NO. The second-order valence-corrected chi connectivity index (χ2v) is 3.79. The van der Waals surface area contributed by atoms with E-state index in [-0.39, 0.29) is 11.9 Å². The fourth-order valence-corrected chi connectivity index (χ4v) is 1.69. The highest BCUT2D eigenvalue weighted by Gasteiger charge is 2.20. The van der Waals surface area contributed by atoms with Crippen molar-refractivity contribution in [3.05, 3.63) is 29.3 Å². The average molecular weight is 213 g/mol. The van der Waals surface area contributed by atoms with E-state index in [0.29, 0.717) is 12.1 Å². The molecule has 1 heterocycles. The summed E-state index contributed by atoms with van der Waals surface area (Å²) in [5.74, 6) is -1.51. The summed E-state index contributed by atoms with van der Waals surface area (Å²) in [6, 6.07) is 2.56. The van der Waals surface area contributed by atoms with Gasteiger partial charge in [-0.1, -0.05) is 0 Å². The Morgan fingerprint density at radius 1 is 1.33 bits per heavy atom. The molecule has 1 unspecified atom stereocenters. The van der Waals surface area contributed by atoms with Gasteiger partial charge in [0, 0.05) is 6.54 Å². The molecule has 82 valence electrons. The third kappa shape index (κ3) is 2.26. The molecule has 15 heavy (non-hydrogen) atoms. The first-order chi connectivity index (χ1) is 7.16. The predicted molar refractivity (Wildman–Crippen MR) is 53.0 cm³/mol. The van der Waals surface area contributed by atoms with Crippen molar-refractivity contribution in [3.63, 3.8) is 0 Å². The Kier molecular flexibility index (Phi) is 2.86. The van der Waals surface area contributed by atoms with E-state index in [9.17, 15) is 8.78 Å². The lowest BCUT2D eigenvalue weighted by atomic mass is 10.2. The smallest absolute Gasteiger partial charge is 0.191 e. The van der Waals surface area contributed by atoms with Gasteiger partial charge in [-0.3, -0.25) is 0 Å². The van der Waals surface area contributed by atoms with Gasteiger partial charge >= 0.3 is 0 Å². The summed E-state index contributed by atoms with van der Waals surface area (Å²) in [6.45, 7) is 3.12. The molecule has 1 aliphatic rings. The molecule has 1 N–H and O–H groups in total. The summed E-state index contributed by atoms with van der Waals surface area (Å²) < 4.78 is 32.0. The number of hydrogen-bond acceptors (Lipinski definition) is 2. The van der Waals surface area contributed by atoms with Gasteiger partial charge in [0.1, 0.15) is 6.10 Å². The number of ether oxygens (including phenoxy) is 1. The highest BCUT2D eigenvalue weighted by Crippen LogP contribution is 2.25. The van der Waals surface area contributed by atoms with Gasteiger partial charge < -0.3 is 10.1 Å². The minimum Gasteiger partial charge on any atom is -0.483 e. The predicted octanol–water partition coefficient (Wildman–Crippen LogP) is 2.01. The zero-order valence-corrected chi connectivity index (χ0v) is 8.52. The molecule has 1 atom stereocenters. The molecule has 0 aliphatic carbocycles. The Hall–Kier alpha value is -1.16. The molecule has 1 saturated heterocycles. The van der Waals surface area contributed by atoms with Crippen LogP contribution in [0.2, 0.25) is 0 Å². The first kappa shape index (κ1) is 10.4. The van der Waals surface area contributed by atoms with Gasteiger partial charge in [-0.15, -0.1) is 0 Å². The van der Waals surface area contributed by atoms with E-state index in [1.807, 2.05) is 0 Å². The van der Waals surface area contributed by atoms with Crippen LogP contribution in [-0.4, -0.2) is 19.2 Å². The van der Waals surface area contributed by atoms with Crippen LogP contribution < -0.4 is 10.1 Å². The van der Waals surface area contributed by atoms with E-state index in [1.54, 1.807) is 6.92 Å². The zero-order chi connectivity index (χ0) is 10.8. The third-order valence-electron chi connectivity index (χ3n) is 2.44. The van der Waals surface area contributed by atoms with Crippen molar-refractivity contribution >= 4 is 0 Å². The molecule has 2 nitrogen and oxygen atoms in total. The number of benzene rings is 1. The Bertz CT molecular complexity index is 339. The number of aryl methyl sites for hydroxylation is 1.